The van der Waals surface area contributed by atoms with E-state index in [1.807, 2.05) is 0 Å². The van der Waals surface area contributed by atoms with E-state index in [0.717, 1.165) is 0 Å². The second-order valence-corrected chi connectivity index (χ2v) is 3.34. The molecule has 0 aromatic heterocycles. The number of hydrogen-bond acceptors (Lipinski definition) is 4. The first-order valence-electron chi connectivity index (χ1n) is 4.78. The maximum atomic E-state index is 10.7. The molecule has 17 heavy (non-hydrogen) atoms. The fourth-order valence-corrected chi connectivity index (χ4v) is 1.31. The summed E-state index contributed by atoms with van der Waals surface area (Å²) in [5, 5.41) is 14.0. The smallest absolute Gasteiger partial charge is 0.270 e. The van der Waals surface area contributed by atoms with Gasteiger partial charge >= 0.3 is 0 Å². The molecule has 0 spiro atoms. The Hall–Kier alpha value is -2.53. The predicted molar refractivity (Wildman–Crippen MR) is 65.3 cm³/mol. The van der Waals surface area contributed by atoms with Crippen LogP contribution in [0.5, 0.6) is 0 Å². The van der Waals surface area contributed by atoms with Crippen molar-refractivity contribution in [3.8, 4) is 0 Å². The van der Waals surface area contributed by atoms with Crippen molar-refractivity contribution in [1.29, 1.82) is 0 Å². The molecule has 0 saturated heterocycles. The second kappa shape index (κ2) is 5.53. The first-order chi connectivity index (χ1) is 8.06. The number of nitrogens with zero attached hydrogens (tertiary/aromatic N) is 4. The minimum atomic E-state index is -0.475. The molecule has 0 aliphatic carbocycles. The lowest BCUT2D eigenvalue weighted by molar-refractivity contribution is -0.384. The minimum absolute atomic E-state index is 0.0138. The highest BCUT2D eigenvalue weighted by Crippen LogP contribution is 2.25. The largest absolute Gasteiger partial charge is 0.398 e. The van der Waals surface area contributed by atoms with Crippen LogP contribution in [0.1, 0.15) is 11.1 Å². The van der Waals surface area contributed by atoms with Gasteiger partial charge in [0, 0.05) is 34.8 Å². The fourth-order valence-electron chi connectivity index (χ4n) is 1.31. The SMILES string of the molecule is Cc1cc([N+](=O)[O-])cc(C=CCN=[N+]=[N-])c1N. The highest BCUT2D eigenvalue weighted by atomic mass is 16.6. The van der Waals surface area contributed by atoms with Crippen LogP contribution >= 0.6 is 0 Å². The number of nitro groups is 1. The van der Waals surface area contributed by atoms with Crippen molar-refractivity contribution in [1.82, 2.24) is 0 Å². The molecular weight excluding hydrogens is 222 g/mol. The number of hydrogen-bond donors (Lipinski definition) is 1. The second-order valence-electron chi connectivity index (χ2n) is 3.34. The Morgan fingerprint density at radius 1 is 1.65 bits per heavy atom. The van der Waals surface area contributed by atoms with Gasteiger partial charge in [0.05, 0.1) is 4.92 Å². The van der Waals surface area contributed by atoms with Crippen molar-refractivity contribution < 1.29 is 4.92 Å². The third-order valence-corrected chi connectivity index (χ3v) is 2.16. The van der Waals surface area contributed by atoms with Gasteiger partial charge < -0.3 is 5.73 Å². The van der Waals surface area contributed by atoms with Crippen LogP contribution in [0, 0.1) is 17.0 Å². The van der Waals surface area contributed by atoms with E-state index < -0.39 is 4.92 Å². The van der Waals surface area contributed by atoms with Crippen LogP contribution in [0.4, 0.5) is 11.4 Å². The summed E-state index contributed by atoms with van der Waals surface area (Å²) >= 11 is 0. The Bertz CT molecular complexity index is 518. The molecule has 88 valence electrons. The average Bonchev–Trinajstić information content (AvgIpc) is 2.29. The van der Waals surface area contributed by atoms with E-state index in [2.05, 4.69) is 10.0 Å². The van der Waals surface area contributed by atoms with Crippen LogP contribution in [0.2, 0.25) is 0 Å². The molecule has 1 aromatic rings. The van der Waals surface area contributed by atoms with Crippen LogP contribution in [0.25, 0.3) is 16.5 Å². The molecule has 0 fully saturated rings. The molecule has 1 aromatic carbocycles. The van der Waals surface area contributed by atoms with Gasteiger partial charge in [0.1, 0.15) is 0 Å². The molecule has 0 aliphatic heterocycles. The van der Waals surface area contributed by atoms with Crippen LogP contribution < -0.4 is 5.73 Å². The third kappa shape index (κ3) is 3.22. The lowest BCUT2D eigenvalue weighted by Gasteiger charge is -2.04. The Labute approximate surface area is 97.3 Å². The highest BCUT2D eigenvalue weighted by Gasteiger charge is 2.10. The number of rotatable bonds is 4. The fraction of sp³-hybridized carbons (Fsp3) is 0.200. The first kappa shape index (κ1) is 12.5. The molecule has 0 aliphatic rings. The number of non-ortho nitro benzene ring substituents is 1. The molecule has 0 atom stereocenters. The maximum Gasteiger partial charge on any atom is 0.270 e. The van der Waals surface area contributed by atoms with Gasteiger partial charge in [-0.05, 0) is 18.0 Å². The van der Waals surface area contributed by atoms with Crippen LogP contribution in [-0.2, 0) is 0 Å². The van der Waals surface area contributed by atoms with E-state index in [4.69, 9.17) is 11.3 Å². The summed E-state index contributed by atoms with van der Waals surface area (Å²) in [5.41, 5.74) is 15.5. The number of anilines is 1. The Balaban J connectivity index is 3.09. The van der Waals surface area contributed by atoms with Gasteiger partial charge in [0.15, 0.2) is 0 Å². The number of benzene rings is 1. The lowest BCUT2D eigenvalue weighted by Crippen LogP contribution is -1.97. The van der Waals surface area contributed by atoms with E-state index in [9.17, 15) is 10.1 Å². The van der Waals surface area contributed by atoms with Gasteiger partial charge in [-0.15, -0.1) is 0 Å². The lowest BCUT2D eigenvalue weighted by atomic mass is 10.1. The Morgan fingerprint density at radius 3 is 2.94 bits per heavy atom. The van der Waals surface area contributed by atoms with Gasteiger partial charge in [-0.3, -0.25) is 10.1 Å². The van der Waals surface area contributed by atoms with Gasteiger partial charge in [0.2, 0.25) is 0 Å². The summed E-state index contributed by atoms with van der Waals surface area (Å²) in [7, 11) is 0. The molecule has 0 bridgehead atoms. The van der Waals surface area contributed by atoms with E-state index in [1.165, 1.54) is 12.1 Å². The van der Waals surface area contributed by atoms with Gasteiger partial charge in [-0.2, -0.15) is 0 Å². The van der Waals surface area contributed by atoms with Crippen LogP contribution in [-0.4, -0.2) is 11.5 Å². The van der Waals surface area contributed by atoms with Gasteiger partial charge in [0.25, 0.3) is 5.69 Å². The zero-order chi connectivity index (χ0) is 12.8. The summed E-state index contributed by atoms with van der Waals surface area (Å²) in [6.07, 6.45) is 3.19. The molecule has 1 rings (SSSR count). The number of nitro benzene ring substituents is 1. The van der Waals surface area contributed by atoms with Crippen molar-refractivity contribution in [2.24, 2.45) is 5.11 Å². The van der Waals surface area contributed by atoms with E-state index in [1.54, 1.807) is 19.1 Å². The summed E-state index contributed by atoms with van der Waals surface area (Å²) in [6.45, 7) is 1.88. The molecular formula is C10H11N5O2. The van der Waals surface area contributed by atoms with E-state index in [-0.39, 0.29) is 12.2 Å². The average molecular weight is 233 g/mol. The van der Waals surface area contributed by atoms with Crippen LogP contribution in [0.3, 0.4) is 0 Å². The number of nitrogens with two attached hydrogens (primary N) is 1. The van der Waals surface area contributed by atoms with Crippen molar-refractivity contribution in [3.05, 3.63) is 49.9 Å². The van der Waals surface area contributed by atoms with Crippen molar-refractivity contribution in [2.75, 3.05) is 12.3 Å². The molecule has 0 unspecified atom stereocenters. The highest BCUT2D eigenvalue weighted by molar-refractivity contribution is 5.70. The molecule has 0 amide bonds. The quantitative estimate of drug-likeness (QED) is 0.215. The summed E-state index contributed by atoms with van der Waals surface area (Å²) < 4.78 is 0. The monoisotopic (exact) mass is 233 g/mol. The standard InChI is InChI=1S/C10H11N5O2/c1-7-5-9(15(16)17)6-8(10(7)11)3-2-4-13-14-12/h2-3,5-6H,4,11H2,1H3. The normalized spacial score (nSPS) is 10.2. The van der Waals surface area contributed by atoms with Crippen molar-refractivity contribution >= 4 is 17.5 Å². The third-order valence-electron chi connectivity index (χ3n) is 2.16. The van der Waals surface area contributed by atoms with Gasteiger partial charge in [-0.25, -0.2) is 0 Å². The first-order valence-corrected chi connectivity index (χ1v) is 4.78. The topological polar surface area (TPSA) is 118 Å². The number of aryl methyl sites for hydroxylation is 1. The Kier molecular flexibility index (Phi) is 4.08. The number of azide groups is 1. The number of nitrogen functional groups attached to an aromatic ring is 1. The summed E-state index contributed by atoms with van der Waals surface area (Å²) in [6, 6.07) is 2.80. The van der Waals surface area contributed by atoms with Gasteiger partial charge in [-0.1, -0.05) is 17.3 Å². The zero-order valence-corrected chi connectivity index (χ0v) is 9.20. The molecule has 0 saturated carbocycles. The van der Waals surface area contributed by atoms with E-state index in [0.29, 0.717) is 16.8 Å². The molecule has 0 radical (unpaired) electrons. The van der Waals surface area contributed by atoms with Crippen molar-refractivity contribution in [3.63, 3.8) is 0 Å². The summed E-state index contributed by atoms with van der Waals surface area (Å²) in [5.74, 6) is 0. The predicted octanol–water partition coefficient (Wildman–Crippen LogP) is 2.81. The molecule has 7 heteroatoms. The molecule has 0 heterocycles. The van der Waals surface area contributed by atoms with Crippen molar-refractivity contribution in [2.45, 2.75) is 6.92 Å². The molecule has 7 nitrogen and oxygen atoms in total. The minimum Gasteiger partial charge on any atom is -0.398 e. The van der Waals surface area contributed by atoms with Crippen LogP contribution in [0.15, 0.2) is 23.3 Å². The molecule has 2 N–H and O–H groups in total. The van der Waals surface area contributed by atoms with E-state index >= 15 is 0 Å². The Morgan fingerprint density at radius 2 is 2.35 bits per heavy atom. The summed E-state index contributed by atoms with van der Waals surface area (Å²) in [4.78, 5) is 12.8. The zero-order valence-electron chi connectivity index (χ0n) is 9.20. The maximum absolute atomic E-state index is 10.7.